The SMILES string of the molecule is CC(=O)Nc1ccc(C(=O)N2CCCC2B(O)O)cc1. The van der Waals surface area contributed by atoms with Gasteiger partial charge in [-0.15, -0.1) is 0 Å². The average Bonchev–Trinajstić information content (AvgIpc) is 2.87. The lowest BCUT2D eigenvalue weighted by Gasteiger charge is -2.24. The van der Waals surface area contributed by atoms with Crippen molar-refractivity contribution < 1.29 is 19.6 Å². The van der Waals surface area contributed by atoms with Gasteiger partial charge in [0.05, 0.1) is 5.94 Å². The number of anilines is 1. The highest BCUT2D eigenvalue weighted by atomic mass is 16.4. The van der Waals surface area contributed by atoms with Crippen LogP contribution in [0.3, 0.4) is 0 Å². The Morgan fingerprint density at radius 2 is 1.95 bits per heavy atom. The normalized spacial score (nSPS) is 17.9. The van der Waals surface area contributed by atoms with Gasteiger partial charge in [-0.2, -0.15) is 0 Å². The summed E-state index contributed by atoms with van der Waals surface area (Å²) in [6.07, 6.45) is 1.35. The molecule has 1 aliphatic rings. The molecule has 1 aromatic rings. The number of carbonyl (C=O) groups is 2. The van der Waals surface area contributed by atoms with Gasteiger partial charge in [0.2, 0.25) is 5.91 Å². The second-order valence-electron chi connectivity index (χ2n) is 4.88. The second kappa shape index (κ2) is 6.07. The van der Waals surface area contributed by atoms with Crippen LogP contribution in [0.15, 0.2) is 24.3 Å². The molecule has 2 rings (SSSR count). The molecule has 0 bridgehead atoms. The maximum atomic E-state index is 12.3. The number of benzene rings is 1. The molecule has 1 saturated heterocycles. The highest BCUT2D eigenvalue weighted by molar-refractivity contribution is 6.43. The van der Waals surface area contributed by atoms with E-state index < -0.39 is 13.1 Å². The molecule has 0 aromatic heterocycles. The Bertz CT molecular complexity index is 504. The van der Waals surface area contributed by atoms with E-state index >= 15 is 0 Å². The summed E-state index contributed by atoms with van der Waals surface area (Å²) in [4.78, 5) is 24.7. The molecule has 106 valence electrons. The highest BCUT2D eigenvalue weighted by Gasteiger charge is 2.37. The molecule has 1 aliphatic heterocycles. The maximum absolute atomic E-state index is 12.3. The molecule has 0 aliphatic carbocycles. The number of carbonyl (C=O) groups excluding carboxylic acids is 2. The molecule has 7 heteroatoms. The predicted molar refractivity (Wildman–Crippen MR) is 75.0 cm³/mol. The number of nitrogens with one attached hydrogen (secondary N) is 1. The summed E-state index contributed by atoms with van der Waals surface area (Å²) >= 11 is 0. The molecular weight excluding hydrogens is 259 g/mol. The predicted octanol–water partition coefficient (Wildman–Crippen LogP) is 0.262. The molecule has 0 saturated carbocycles. The van der Waals surface area contributed by atoms with Crippen molar-refractivity contribution in [2.24, 2.45) is 0 Å². The van der Waals surface area contributed by atoms with Crippen molar-refractivity contribution in [3.05, 3.63) is 29.8 Å². The third-order valence-corrected chi connectivity index (χ3v) is 3.36. The van der Waals surface area contributed by atoms with Gasteiger partial charge < -0.3 is 20.3 Å². The van der Waals surface area contributed by atoms with Gasteiger partial charge in [0.1, 0.15) is 0 Å². The van der Waals surface area contributed by atoms with E-state index in [0.29, 0.717) is 24.2 Å². The number of amides is 2. The molecule has 0 spiro atoms. The van der Waals surface area contributed by atoms with Gasteiger partial charge in [-0.3, -0.25) is 9.59 Å². The molecule has 1 unspecified atom stereocenters. The summed E-state index contributed by atoms with van der Waals surface area (Å²) in [5.41, 5.74) is 1.08. The van der Waals surface area contributed by atoms with Crippen LogP contribution in [0.5, 0.6) is 0 Å². The molecule has 6 nitrogen and oxygen atoms in total. The van der Waals surface area contributed by atoms with E-state index in [1.165, 1.54) is 11.8 Å². The van der Waals surface area contributed by atoms with Gasteiger partial charge in [0.15, 0.2) is 0 Å². The number of hydrogen-bond acceptors (Lipinski definition) is 4. The lowest BCUT2D eigenvalue weighted by Crippen LogP contribution is -2.45. The molecule has 3 N–H and O–H groups in total. The zero-order chi connectivity index (χ0) is 14.7. The minimum atomic E-state index is -1.51. The monoisotopic (exact) mass is 276 g/mol. The Morgan fingerprint density at radius 3 is 2.50 bits per heavy atom. The molecule has 1 fully saturated rings. The number of hydrogen-bond donors (Lipinski definition) is 3. The van der Waals surface area contributed by atoms with E-state index in [0.717, 1.165) is 6.42 Å². The first-order valence-electron chi connectivity index (χ1n) is 6.54. The second-order valence-corrected chi connectivity index (χ2v) is 4.88. The molecule has 2 amide bonds. The Kier molecular flexibility index (Phi) is 4.41. The first kappa shape index (κ1) is 14.6. The maximum Gasteiger partial charge on any atom is 0.475 e. The number of likely N-dealkylation sites (tertiary alicyclic amines) is 1. The van der Waals surface area contributed by atoms with Crippen molar-refractivity contribution in [1.82, 2.24) is 4.90 Å². The summed E-state index contributed by atoms with van der Waals surface area (Å²) < 4.78 is 0. The fourth-order valence-electron chi connectivity index (χ4n) is 2.42. The molecule has 1 heterocycles. The minimum absolute atomic E-state index is 0.174. The van der Waals surface area contributed by atoms with Gasteiger partial charge in [0.25, 0.3) is 5.91 Å². The van der Waals surface area contributed by atoms with Crippen LogP contribution in [0.1, 0.15) is 30.1 Å². The molecular formula is C13H17BN2O4. The summed E-state index contributed by atoms with van der Waals surface area (Å²) in [6.45, 7) is 1.94. The Balaban J connectivity index is 2.11. The quantitative estimate of drug-likeness (QED) is 0.691. The highest BCUT2D eigenvalue weighted by Crippen LogP contribution is 2.21. The third-order valence-electron chi connectivity index (χ3n) is 3.36. The van der Waals surface area contributed by atoms with E-state index in [9.17, 15) is 19.6 Å². The fourth-order valence-corrected chi connectivity index (χ4v) is 2.42. The van der Waals surface area contributed by atoms with Crippen LogP contribution in [-0.4, -0.2) is 46.4 Å². The Hall–Kier alpha value is -1.86. The smallest absolute Gasteiger partial charge is 0.426 e. The molecule has 0 radical (unpaired) electrons. The van der Waals surface area contributed by atoms with Crippen LogP contribution < -0.4 is 5.32 Å². The molecule has 20 heavy (non-hydrogen) atoms. The summed E-state index contributed by atoms with van der Waals surface area (Å²) in [6, 6.07) is 6.53. The number of nitrogens with zero attached hydrogens (tertiary/aromatic N) is 1. The minimum Gasteiger partial charge on any atom is -0.426 e. The van der Waals surface area contributed by atoms with Gasteiger partial charge >= 0.3 is 7.12 Å². The van der Waals surface area contributed by atoms with Gasteiger partial charge in [-0.25, -0.2) is 0 Å². The Morgan fingerprint density at radius 1 is 1.30 bits per heavy atom. The van der Waals surface area contributed by atoms with Crippen LogP contribution in [0.25, 0.3) is 0 Å². The van der Waals surface area contributed by atoms with Crippen LogP contribution >= 0.6 is 0 Å². The average molecular weight is 276 g/mol. The summed E-state index contributed by atoms with van der Waals surface area (Å²) in [7, 11) is -1.51. The van der Waals surface area contributed by atoms with Gasteiger partial charge in [-0.1, -0.05) is 0 Å². The van der Waals surface area contributed by atoms with Crippen molar-refractivity contribution >= 4 is 24.6 Å². The lowest BCUT2D eigenvalue weighted by molar-refractivity contribution is -0.114. The topological polar surface area (TPSA) is 89.9 Å². The van der Waals surface area contributed by atoms with E-state index in [4.69, 9.17) is 0 Å². The van der Waals surface area contributed by atoms with Crippen LogP contribution in [0.4, 0.5) is 5.69 Å². The van der Waals surface area contributed by atoms with Crippen molar-refractivity contribution in [2.75, 3.05) is 11.9 Å². The summed E-state index contributed by atoms with van der Waals surface area (Å²) in [5, 5.41) is 21.2. The van der Waals surface area contributed by atoms with E-state index in [1.807, 2.05) is 0 Å². The lowest BCUT2D eigenvalue weighted by atomic mass is 9.78. The zero-order valence-corrected chi connectivity index (χ0v) is 11.2. The molecule has 1 atom stereocenters. The zero-order valence-electron chi connectivity index (χ0n) is 11.2. The van der Waals surface area contributed by atoms with Crippen LogP contribution in [0.2, 0.25) is 0 Å². The van der Waals surface area contributed by atoms with Crippen molar-refractivity contribution in [2.45, 2.75) is 25.7 Å². The van der Waals surface area contributed by atoms with Crippen molar-refractivity contribution in [3.63, 3.8) is 0 Å². The third kappa shape index (κ3) is 3.18. The molecule has 1 aromatic carbocycles. The standard InChI is InChI=1S/C13H17BN2O4/c1-9(17)15-11-6-4-10(5-7-11)13(18)16-8-2-3-12(16)14(19)20/h4-7,12,19-20H,2-3,8H2,1H3,(H,15,17). The van der Waals surface area contributed by atoms with Crippen LogP contribution in [-0.2, 0) is 4.79 Å². The summed E-state index contributed by atoms with van der Waals surface area (Å²) in [5.74, 6) is -0.945. The van der Waals surface area contributed by atoms with Crippen LogP contribution in [0, 0.1) is 0 Å². The van der Waals surface area contributed by atoms with E-state index in [2.05, 4.69) is 5.32 Å². The fraction of sp³-hybridized carbons (Fsp3) is 0.385. The van der Waals surface area contributed by atoms with Gasteiger partial charge in [0, 0.05) is 24.7 Å². The van der Waals surface area contributed by atoms with Gasteiger partial charge in [-0.05, 0) is 37.1 Å². The van der Waals surface area contributed by atoms with Crippen molar-refractivity contribution in [3.8, 4) is 0 Å². The first-order chi connectivity index (χ1) is 9.49. The van der Waals surface area contributed by atoms with E-state index in [-0.39, 0.29) is 11.8 Å². The van der Waals surface area contributed by atoms with E-state index in [1.54, 1.807) is 24.3 Å². The van der Waals surface area contributed by atoms with Crippen molar-refractivity contribution in [1.29, 1.82) is 0 Å². The largest absolute Gasteiger partial charge is 0.475 e. The number of rotatable bonds is 3. The first-order valence-corrected chi connectivity index (χ1v) is 6.54. The Labute approximate surface area is 117 Å².